The number of carbonyl (C=O) groups is 1. The largest absolute Gasteiger partial charge is 0.382 e. The van der Waals surface area contributed by atoms with Crippen LogP contribution in [0.25, 0.3) is 0 Å². The molecular formula is C15H21BrN2O3. The van der Waals surface area contributed by atoms with E-state index in [9.17, 15) is 4.79 Å². The number of piperidine rings is 1. The van der Waals surface area contributed by atoms with Gasteiger partial charge in [-0.1, -0.05) is 0 Å². The average Bonchev–Trinajstić information content (AvgIpc) is 2.51. The first kappa shape index (κ1) is 16.4. The molecule has 2 heterocycles. The molecule has 116 valence electrons. The molecule has 1 fully saturated rings. The summed E-state index contributed by atoms with van der Waals surface area (Å²) in [6.07, 6.45) is 5.27. The Morgan fingerprint density at radius 2 is 2.14 bits per heavy atom. The van der Waals surface area contributed by atoms with Gasteiger partial charge in [0.1, 0.15) is 0 Å². The molecule has 1 saturated heterocycles. The Labute approximate surface area is 133 Å². The van der Waals surface area contributed by atoms with E-state index < -0.39 is 0 Å². The molecule has 0 unspecified atom stereocenters. The summed E-state index contributed by atoms with van der Waals surface area (Å²) in [5, 5.41) is 0. The molecule has 0 N–H and O–H groups in total. The predicted molar refractivity (Wildman–Crippen MR) is 83.3 cm³/mol. The second-order valence-electron chi connectivity index (χ2n) is 5.20. The number of ether oxygens (including phenoxy) is 2. The highest BCUT2D eigenvalue weighted by Crippen LogP contribution is 2.20. The first-order chi connectivity index (χ1) is 10.2. The quantitative estimate of drug-likeness (QED) is 0.734. The molecule has 1 amide bonds. The highest BCUT2D eigenvalue weighted by atomic mass is 79.9. The molecule has 0 atom stereocenters. The molecule has 0 spiro atoms. The van der Waals surface area contributed by atoms with Crippen molar-refractivity contribution in [2.24, 2.45) is 5.92 Å². The number of hydrogen-bond acceptors (Lipinski definition) is 4. The van der Waals surface area contributed by atoms with E-state index in [1.807, 2.05) is 11.0 Å². The van der Waals surface area contributed by atoms with Gasteiger partial charge in [-0.3, -0.25) is 9.78 Å². The monoisotopic (exact) mass is 356 g/mol. The number of aromatic nitrogens is 1. The zero-order chi connectivity index (χ0) is 15.1. The summed E-state index contributed by atoms with van der Waals surface area (Å²) >= 11 is 3.35. The standard InChI is InChI=1S/C15H21BrN2O3/c1-20-6-7-21-11-12-2-4-18(5-3-12)15(19)13-8-14(16)10-17-9-13/h8-10,12H,2-7,11H2,1H3. The van der Waals surface area contributed by atoms with E-state index in [0.717, 1.165) is 37.0 Å². The van der Waals surface area contributed by atoms with E-state index in [2.05, 4.69) is 20.9 Å². The molecule has 0 bridgehead atoms. The number of halogens is 1. The van der Waals surface area contributed by atoms with Gasteiger partial charge < -0.3 is 14.4 Å². The molecule has 1 aliphatic rings. The van der Waals surface area contributed by atoms with Crippen molar-refractivity contribution in [1.29, 1.82) is 0 Å². The molecular weight excluding hydrogens is 336 g/mol. The Morgan fingerprint density at radius 1 is 1.38 bits per heavy atom. The lowest BCUT2D eigenvalue weighted by atomic mass is 9.97. The third kappa shape index (κ3) is 5.05. The van der Waals surface area contributed by atoms with E-state index in [1.54, 1.807) is 19.5 Å². The van der Waals surface area contributed by atoms with Gasteiger partial charge in [0.05, 0.1) is 18.8 Å². The molecule has 1 aromatic heterocycles. The fourth-order valence-electron chi connectivity index (χ4n) is 2.41. The van der Waals surface area contributed by atoms with Crippen LogP contribution in [0, 0.1) is 5.92 Å². The number of nitrogens with zero attached hydrogens (tertiary/aromatic N) is 2. The van der Waals surface area contributed by atoms with Crippen LogP contribution in [0.3, 0.4) is 0 Å². The van der Waals surface area contributed by atoms with Gasteiger partial charge in [0.25, 0.3) is 5.91 Å². The fourth-order valence-corrected chi connectivity index (χ4v) is 2.77. The number of carbonyl (C=O) groups excluding carboxylic acids is 1. The SMILES string of the molecule is COCCOCC1CCN(C(=O)c2cncc(Br)c2)CC1. The molecule has 6 heteroatoms. The number of pyridine rings is 1. The summed E-state index contributed by atoms with van der Waals surface area (Å²) in [6, 6.07) is 1.81. The maximum Gasteiger partial charge on any atom is 0.255 e. The molecule has 0 saturated carbocycles. The van der Waals surface area contributed by atoms with E-state index in [4.69, 9.17) is 9.47 Å². The zero-order valence-corrected chi connectivity index (χ0v) is 13.8. The lowest BCUT2D eigenvalue weighted by molar-refractivity contribution is 0.0327. The van der Waals surface area contributed by atoms with Gasteiger partial charge in [-0.25, -0.2) is 0 Å². The van der Waals surface area contributed by atoms with Crippen LogP contribution < -0.4 is 0 Å². The summed E-state index contributed by atoms with van der Waals surface area (Å²) in [4.78, 5) is 18.3. The first-order valence-electron chi connectivity index (χ1n) is 7.17. The summed E-state index contributed by atoms with van der Waals surface area (Å²) in [5.74, 6) is 0.592. The molecule has 5 nitrogen and oxygen atoms in total. The zero-order valence-electron chi connectivity index (χ0n) is 12.3. The summed E-state index contributed by atoms with van der Waals surface area (Å²) < 4.78 is 11.3. The Bertz CT molecular complexity index is 462. The van der Waals surface area contributed by atoms with Crippen molar-refractivity contribution < 1.29 is 14.3 Å². The molecule has 1 aromatic rings. The number of methoxy groups -OCH3 is 1. The van der Waals surface area contributed by atoms with Gasteiger partial charge in [0.15, 0.2) is 0 Å². The third-order valence-corrected chi connectivity index (χ3v) is 4.07. The summed E-state index contributed by atoms with van der Waals surface area (Å²) in [5.41, 5.74) is 0.638. The van der Waals surface area contributed by atoms with Crippen LogP contribution in [0.5, 0.6) is 0 Å². The smallest absolute Gasteiger partial charge is 0.255 e. The van der Waals surface area contributed by atoms with Gasteiger partial charge in [0.2, 0.25) is 0 Å². The second kappa shape index (κ2) is 8.46. The second-order valence-corrected chi connectivity index (χ2v) is 6.11. The summed E-state index contributed by atoms with van der Waals surface area (Å²) in [6.45, 7) is 3.59. The Morgan fingerprint density at radius 3 is 2.81 bits per heavy atom. The lowest BCUT2D eigenvalue weighted by Crippen LogP contribution is -2.39. The Hall–Kier alpha value is -0.980. The number of hydrogen-bond donors (Lipinski definition) is 0. The first-order valence-corrected chi connectivity index (χ1v) is 7.96. The molecule has 0 aliphatic carbocycles. The normalized spacial score (nSPS) is 16.2. The van der Waals surface area contributed by atoms with Gasteiger partial charge in [-0.15, -0.1) is 0 Å². The van der Waals surface area contributed by atoms with Crippen molar-refractivity contribution in [2.45, 2.75) is 12.8 Å². The van der Waals surface area contributed by atoms with Crippen LogP contribution in [-0.2, 0) is 9.47 Å². The van der Waals surface area contributed by atoms with Crippen LogP contribution in [0.2, 0.25) is 0 Å². The van der Waals surface area contributed by atoms with Crippen molar-refractivity contribution in [3.63, 3.8) is 0 Å². The molecule has 0 aromatic carbocycles. The third-order valence-electron chi connectivity index (χ3n) is 3.64. The van der Waals surface area contributed by atoms with Crippen molar-refractivity contribution in [2.75, 3.05) is 40.0 Å². The van der Waals surface area contributed by atoms with E-state index >= 15 is 0 Å². The lowest BCUT2D eigenvalue weighted by Gasteiger charge is -2.31. The van der Waals surface area contributed by atoms with Crippen LogP contribution in [0.4, 0.5) is 0 Å². The Balaban J connectivity index is 1.77. The number of rotatable bonds is 6. The van der Waals surface area contributed by atoms with Gasteiger partial charge in [0, 0.05) is 43.7 Å². The maximum atomic E-state index is 12.4. The van der Waals surface area contributed by atoms with Gasteiger partial charge in [-0.05, 0) is 40.8 Å². The minimum atomic E-state index is 0.0579. The molecule has 2 rings (SSSR count). The van der Waals surface area contributed by atoms with Crippen molar-refractivity contribution in [1.82, 2.24) is 9.88 Å². The molecule has 1 aliphatic heterocycles. The summed E-state index contributed by atoms with van der Waals surface area (Å²) in [7, 11) is 1.67. The minimum Gasteiger partial charge on any atom is -0.382 e. The van der Waals surface area contributed by atoms with Crippen LogP contribution in [0.1, 0.15) is 23.2 Å². The predicted octanol–water partition coefficient (Wildman–Crippen LogP) is 2.36. The van der Waals surface area contributed by atoms with E-state index in [-0.39, 0.29) is 5.91 Å². The highest BCUT2D eigenvalue weighted by Gasteiger charge is 2.23. The molecule has 21 heavy (non-hydrogen) atoms. The molecule has 0 radical (unpaired) electrons. The fraction of sp³-hybridized carbons (Fsp3) is 0.600. The van der Waals surface area contributed by atoms with Gasteiger partial charge >= 0.3 is 0 Å². The van der Waals surface area contributed by atoms with Gasteiger partial charge in [-0.2, -0.15) is 0 Å². The van der Waals surface area contributed by atoms with Crippen molar-refractivity contribution in [3.05, 3.63) is 28.5 Å². The average molecular weight is 357 g/mol. The number of amides is 1. The van der Waals surface area contributed by atoms with Crippen LogP contribution in [-0.4, -0.2) is 55.8 Å². The topological polar surface area (TPSA) is 51.7 Å². The minimum absolute atomic E-state index is 0.0579. The van der Waals surface area contributed by atoms with Crippen molar-refractivity contribution >= 4 is 21.8 Å². The van der Waals surface area contributed by atoms with E-state index in [0.29, 0.717) is 24.7 Å². The van der Waals surface area contributed by atoms with Crippen molar-refractivity contribution in [3.8, 4) is 0 Å². The van der Waals surface area contributed by atoms with E-state index in [1.165, 1.54) is 0 Å². The highest BCUT2D eigenvalue weighted by molar-refractivity contribution is 9.10. The van der Waals surface area contributed by atoms with Crippen LogP contribution >= 0.6 is 15.9 Å². The van der Waals surface area contributed by atoms with Crippen LogP contribution in [0.15, 0.2) is 22.9 Å². The maximum absolute atomic E-state index is 12.4. The number of likely N-dealkylation sites (tertiary alicyclic amines) is 1. The Kier molecular flexibility index (Phi) is 6.60.